The van der Waals surface area contributed by atoms with Gasteiger partial charge in [-0.3, -0.25) is 14.9 Å². The van der Waals surface area contributed by atoms with E-state index in [4.69, 9.17) is 9.97 Å². The minimum Gasteiger partial charge on any atom is -0.301 e. The molecule has 226 valence electrons. The van der Waals surface area contributed by atoms with Crippen LogP contribution in [0.2, 0.25) is 0 Å². The molecule has 42 heavy (non-hydrogen) atoms. The SMILES string of the molecule is C.CCCCC(C)(c1cccc(-c2ccccc2)n1)N(C)C.CCCCC(c1cccc(-c2ccccc2)n1)N(C)C. The van der Waals surface area contributed by atoms with Crippen LogP contribution < -0.4 is 0 Å². The Morgan fingerprint density at radius 3 is 1.67 bits per heavy atom. The molecule has 2 heterocycles. The summed E-state index contributed by atoms with van der Waals surface area (Å²) in [6.45, 7) is 6.77. The zero-order valence-electron chi connectivity index (χ0n) is 26.3. The van der Waals surface area contributed by atoms with Crippen molar-refractivity contribution in [1.82, 2.24) is 19.8 Å². The van der Waals surface area contributed by atoms with Gasteiger partial charge < -0.3 is 4.90 Å². The van der Waals surface area contributed by atoms with Crippen LogP contribution >= 0.6 is 0 Å². The van der Waals surface area contributed by atoms with Crippen molar-refractivity contribution in [2.45, 2.75) is 78.3 Å². The third kappa shape index (κ3) is 9.61. The number of hydrogen-bond acceptors (Lipinski definition) is 4. The standard InChI is InChI=1S/C19H26N2.C18H24N2.CH4/c1-5-6-15-19(2,21(3)4)18-14-10-13-17(20-18)16-11-8-7-9-12-16;1-4-5-14-18(20(2)3)17-13-9-12-16(19-17)15-10-7-6-8-11-15;/h7-14H,5-6,15H2,1-4H3;6-13,18H,4-5,14H2,1-3H3;1H4. The largest absolute Gasteiger partial charge is 0.301 e. The highest BCUT2D eigenvalue weighted by Crippen LogP contribution is 2.32. The summed E-state index contributed by atoms with van der Waals surface area (Å²) < 4.78 is 0. The Morgan fingerprint density at radius 1 is 0.643 bits per heavy atom. The summed E-state index contributed by atoms with van der Waals surface area (Å²) in [6, 6.07) is 33.9. The predicted molar refractivity (Wildman–Crippen MR) is 183 cm³/mol. The van der Waals surface area contributed by atoms with Gasteiger partial charge in [-0.25, -0.2) is 0 Å². The monoisotopic (exact) mass is 566 g/mol. The van der Waals surface area contributed by atoms with Crippen LogP contribution in [-0.4, -0.2) is 48.0 Å². The first-order valence-electron chi connectivity index (χ1n) is 15.2. The van der Waals surface area contributed by atoms with Crippen molar-refractivity contribution in [2.24, 2.45) is 0 Å². The summed E-state index contributed by atoms with van der Waals surface area (Å²) in [4.78, 5) is 14.4. The lowest BCUT2D eigenvalue weighted by molar-refractivity contribution is 0.151. The van der Waals surface area contributed by atoms with Gasteiger partial charge in [0.25, 0.3) is 0 Å². The summed E-state index contributed by atoms with van der Waals surface area (Å²) in [6.07, 6.45) is 7.17. The first-order chi connectivity index (χ1) is 19.8. The Bertz CT molecular complexity index is 1290. The highest BCUT2D eigenvalue weighted by Gasteiger charge is 2.30. The highest BCUT2D eigenvalue weighted by molar-refractivity contribution is 5.59. The molecular formula is C38H54N4. The van der Waals surface area contributed by atoms with Crippen LogP contribution in [0.25, 0.3) is 22.5 Å². The summed E-state index contributed by atoms with van der Waals surface area (Å²) in [5, 5.41) is 0. The van der Waals surface area contributed by atoms with E-state index in [0.717, 1.165) is 29.9 Å². The molecule has 4 heteroatoms. The van der Waals surface area contributed by atoms with Crippen molar-refractivity contribution in [3.05, 3.63) is 108 Å². The fourth-order valence-corrected chi connectivity index (χ4v) is 5.08. The second kappa shape index (κ2) is 17.6. The minimum atomic E-state index is -0.0131. The van der Waals surface area contributed by atoms with Gasteiger partial charge in [0.2, 0.25) is 0 Å². The number of aromatic nitrogens is 2. The first-order valence-corrected chi connectivity index (χ1v) is 15.2. The molecule has 0 aliphatic heterocycles. The Morgan fingerprint density at radius 2 is 1.17 bits per heavy atom. The fraction of sp³-hybridized carbons (Fsp3) is 0.421. The van der Waals surface area contributed by atoms with E-state index >= 15 is 0 Å². The molecule has 2 aromatic carbocycles. The Kier molecular flexibility index (Phi) is 14.6. The maximum atomic E-state index is 4.95. The molecule has 0 amide bonds. The van der Waals surface area contributed by atoms with Gasteiger partial charge >= 0.3 is 0 Å². The van der Waals surface area contributed by atoms with Gasteiger partial charge in [-0.2, -0.15) is 0 Å². The molecule has 2 unspecified atom stereocenters. The average Bonchev–Trinajstić information content (AvgIpc) is 3.01. The molecule has 4 rings (SSSR count). The van der Waals surface area contributed by atoms with Gasteiger partial charge in [-0.1, -0.05) is 120 Å². The molecule has 0 saturated carbocycles. The highest BCUT2D eigenvalue weighted by atomic mass is 15.2. The number of rotatable bonds is 12. The van der Waals surface area contributed by atoms with Gasteiger partial charge in [-0.15, -0.1) is 0 Å². The van der Waals surface area contributed by atoms with Gasteiger partial charge in [-0.05, 0) is 72.2 Å². The van der Waals surface area contributed by atoms with Crippen LogP contribution in [0.15, 0.2) is 97.1 Å². The lowest BCUT2D eigenvalue weighted by Gasteiger charge is -2.36. The second-order valence-corrected chi connectivity index (χ2v) is 11.5. The van der Waals surface area contributed by atoms with Crippen molar-refractivity contribution >= 4 is 0 Å². The molecule has 0 aliphatic rings. The van der Waals surface area contributed by atoms with Crippen LogP contribution in [0, 0.1) is 0 Å². The predicted octanol–water partition coefficient (Wildman–Crippen LogP) is 9.89. The van der Waals surface area contributed by atoms with Gasteiger partial charge in [0.05, 0.1) is 34.4 Å². The van der Waals surface area contributed by atoms with E-state index in [1.807, 2.05) is 12.1 Å². The van der Waals surface area contributed by atoms with E-state index in [2.05, 4.69) is 144 Å². The normalized spacial score (nSPS) is 13.1. The molecule has 2 aromatic heterocycles. The van der Waals surface area contributed by atoms with Crippen LogP contribution in [0.1, 0.15) is 84.2 Å². The Hall–Kier alpha value is -3.34. The molecule has 0 N–H and O–H groups in total. The number of nitrogens with zero attached hydrogens (tertiary/aromatic N) is 4. The third-order valence-electron chi connectivity index (χ3n) is 8.01. The topological polar surface area (TPSA) is 32.3 Å². The van der Waals surface area contributed by atoms with Gasteiger partial charge in [0.15, 0.2) is 0 Å². The first kappa shape index (κ1) is 34.9. The summed E-state index contributed by atoms with van der Waals surface area (Å²) >= 11 is 0. The van der Waals surface area contributed by atoms with E-state index < -0.39 is 0 Å². The van der Waals surface area contributed by atoms with Crippen molar-refractivity contribution in [3.63, 3.8) is 0 Å². The quantitative estimate of drug-likeness (QED) is 0.171. The lowest BCUT2D eigenvalue weighted by atomic mass is 9.89. The molecular weight excluding hydrogens is 512 g/mol. The van der Waals surface area contributed by atoms with Gasteiger partial charge in [0.1, 0.15) is 0 Å². The van der Waals surface area contributed by atoms with Crippen molar-refractivity contribution < 1.29 is 0 Å². The summed E-state index contributed by atoms with van der Waals surface area (Å²) in [7, 11) is 8.56. The molecule has 2 atom stereocenters. The van der Waals surface area contributed by atoms with E-state index in [-0.39, 0.29) is 13.0 Å². The lowest BCUT2D eigenvalue weighted by Crippen LogP contribution is -2.39. The average molecular weight is 567 g/mol. The molecule has 0 aliphatic carbocycles. The molecule has 0 fully saturated rings. The number of unbranched alkanes of at least 4 members (excludes halogenated alkanes) is 2. The van der Waals surface area contributed by atoms with Crippen molar-refractivity contribution in [2.75, 3.05) is 28.2 Å². The zero-order valence-corrected chi connectivity index (χ0v) is 26.3. The Labute approximate surface area is 256 Å². The fourth-order valence-electron chi connectivity index (χ4n) is 5.08. The molecule has 4 nitrogen and oxygen atoms in total. The van der Waals surface area contributed by atoms with Crippen LogP contribution in [0.5, 0.6) is 0 Å². The smallest absolute Gasteiger partial charge is 0.0706 e. The van der Waals surface area contributed by atoms with Crippen LogP contribution in [-0.2, 0) is 5.54 Å². The molecule has 0 spiro atoms. The maximum Gasteiger partial charge on any atom is 0.0706 e. The summed E-state index contributed by atoms with van der Waals surface area (Å²) in [5.74, 6) is 0. The molecule has 0 saturated heterocycles. The van der Waals surface area contributed by atoms with Crippen molar-refractivity contribution in [1.29, 1.82) is 0 Å². The van der Waals surface area contributed by atoms with E-state index in [0.29, 0.717) is 6.04 Å². The van der Waals surface area contributed by atoms with Gasteiger partial charge in [0, 0.05) is 11.1 Å². The maximum absolute atomic E-state index is 4.95. The van der Waals surface area contributed by atoms with E-state index in [1.54, 1.807) is 0 Å². The second-order valence-electron chi connectivity index (χ2n) is 11.5. The van der Waals surface area contributed by atoms with Crippen LogP contribution in [0.3, 0.4) is 0 Å². The summed E-state index contributed by atoms with van der Waals surface area (Å²) in [5.41, 5.74) is 6.79. The molecule has 4 aromatic rings. The number of pyridine rings is 2. The molecule has 0 radical (unpaired) electrons. The minimum absolute atomic E-state index is 0. The van der Waals surface area contributed by atoms with Crippen LogP contribution in [0.4, 0.5) is 0 Å². The van der Waals surface area contributed by atoms with Crippen molar-refractivity contribution in [3.8, 4) is 22.5 Å². The number of hydrogen-bond donors (Lipinski definition) is 0. The van der Waals surface area contributed by atoms with E-state index in [9.17, 15) is 0 Å². The Balaban J connectivity index is 0.000000287. The zero-order chi connectivity index (χ0) is 29.7. The van der Waals surface area contributed by atoms with E-state index in [1.165, 1.54) is 42.5 Å². The number of benzene rings is 2. The third-order valence-corrected chi connectivity index (χ3v) is 8.01. The molecule has 0 bridgehead atoms.